The SMILES string of the molecule is COC(=O)N1C[C@@H]2CCC(=O)C[C@H]2C[C@H]1C(=O)O. The number of aliphatic carboxylic acids is 1. The number of rotatable bonds is 1. The zero-order valence-electron chi connectivity index (χ0n) is 10.3. The number of ketones is 1. The molecule has 1 amide bonds. The monoisotopic (exact) mass is 255 g/mol. The molecule has 100 valence electrons. The molecule has 0 spiro atoms. The number of Topliss-reactive ketones (excluding diaryl/α,β-unsaturated/α-hetero) is 1. The topological polar surface area (TPSA) is 83.9 Å². The molecule has 0 unspecified atom stereocenters. The molecule has 18 heavy (non-hydrogen) atoms. The van der Waals surface area contributed by atoms with E-state index in [1.165, 1.54) is 12.0 Å². The van der Waals surface area contributed by atoms with Crippen molar-refractivity contribution in [1.29, 1.82) is 0 Å². The molecule has 1 saturated heterocycles. The molecule has 0 aromatic rings. The number of hydrogen-bond acceptors (Lipinski definition) is 4. The highest BCUT2D eigenvalue weighted by molar-refractivity contribution is 5.82. The van der Waals surface area contributed by atoms with Gasteiger partial charge in [-0.15, -0.1) is 0 Å². The molecule has 3 atom stereocenters. The highest BCUT2D eigenvalue weighted by Gasteiger charge is 2.43. The second-order valence-corrected chi connectivity index (χ2v) is 5.01. The van der Waals surface area contributed by atoms with Crippen LogP contribution in [0.15, 0.2) is 0 Å². The number of amides is 1. The fraction of sp³-hybridized carbons (Fsp3) is 0.750. The lowest BCUT2D eigenvalue weighted by molar-refractivity contribution is -0.147. The minimum atomic E-state index is -1.03. The van der Waals surface area contributed by atoms with Crippen LogP contribution in [0.1, 0.15) is 25.7 Å². The minimum Gasteiger partial charge on any atom is -0.480 e. The van der Waals surface area contributed by atoms with Gasteiger partial charge in [-0.1, -0.05) is 0 Å². The third kappa shape index (κ3) is 2.32. The Hall–Kier alpha value is -1.59. The van der Waals surface area contributed by atoms with Gasteiger partial charge in [0.1, 0.15) is 11.8 Å². The Morgan fingerprint density at radius 2 is 2.11 bits per heavy atom. The zero-order chi connectivity index (χ0) is 13.3. The predicted octanol–water partition coefficient (Wildman–Crippen LogP) is 0.897. The van der Waals surface area contributed by atoms with Gasteiger partial charge < -0.3 is 9.84 Å². The first-order chi connectivity index (χ1) is 8.52. The highest BCUT2D eigenvalue weighted by Crippen LogP contribution is 2.37. The van der Waals surface area contributed by atoms with Crippen molar-refractivity contribution in [2.45, 2.75) is 31.7 Å². The maximum absolute atomic E-state index is 11.6. The Kier molecular flexibility index (Phi) is 3.54. The molecule has 0 radical (unpaired) electrons. The summed E-state index contributed by atoms with van der Waals surface area (Å²) in [6.45, 7) is 0.377. The quantitative estimate of drug-likeness (QED) is 0.752. The van der Waals surface area contributed by atoms with E-state index >= 15 is 0 Å². The van der Waals surface area contributed by atoms with Gasteiger partial charge in [0.25, 0.3) is 0 Å². The highest BCUT2D eigenvalue weighted by atomic mass is 16.5. The molecule has 1 aliphatic heterocycles. The minimum absolute atomic E-state index is 0.0910. The van der Waals surface area contributed by atoms with Gasteiger partial charge in [-0.05, 0) is 24.7 Å². The maximum Gasteiger partial charge on any atom is 0.410 e. The van der Waals surface area contributed by atoms with Crippen molar-refractivity contribution in [2.75, 3.05) is 13.7 Å². The van der Waals surface area contributed by atoms with Crippen molar-refractivity contribution in [2.24, 2.45) is 11.8 Å². The van der Waals surface area contributed by atoms with E-state index in [0.717, 1.165) is 6.42 Å². The largest absolute Gasteiger partial charge is 0.480 e. The van der Waals surface area contributed by atoms with E-state index in [2.05, 4.69) is 4.74 Å². The van der Waals surface area contributed by atoms with E-state index in [1.54, 1.807) is 0 Å². The van der Waals surface area contributed by atoms with Crippen molar-refractivity contribution < 1.29 is 24.2 Å². The van der Waals surface area contributed by atoms with Crippen LogP contribution < -0.4 is 0 Å². The molecule has 1 saturated carbocycles. The Bertz CT molecular complexity index is 381. The number of ether oxygens (including phenoxy) is 1. The van der Waals surface area contributed by atoms with E-state index < -0.39 is 18.1 Å². The van der Waals surface area contributed by atoms with Gasteiger partial charge in [-0.2, -0.15) is 0 Å². The van der Waals surface area contributed by atoms with Gasteiger partial charge in [0.15, 0.2) is 0 Å². The molecular weight excluding hydrogens is 238 g/mol. The van der Waals surface area contributed by atoms with Gasteiger partial charge >= 0.3 is 12.1 Å². The Balaban J connectivity index is 2.15. The van der Waals surface area contributed by atoms with Gasteiger partial charge in [0.05, 0.1) is 7.11 Å². The Morgan fingerprint density at radius 3 is 2.72 bits per heavy atom. The molecule has 2 fully saturated rings. The Labute approximate surface area is 105 Å². The van der Waals surface area contributed by atoms with Crippen LogP contribution in [0.5, 0.6) is 0 Å². The Morgan fingerprint density at radius 1 is 1.39 bits per heavy atom. The van der Waals surface area contributed by atoms with Crippen LogP contribution in [0, 0.1) is 11.8 Å². The smallest absolute Gasteiger partial charge is 0.410 e. The lowest BCUT2D eigenvalue weighted by Crippen LogP contribution is -2.54. The number of hydrogen-bond donors (Lipinski definition) is 1. The number of fused-ring (bicyclic) bond motifs is 1. The van der Waals surface area contributed by atoms with Crippen molar-refractivity contribution in [3.63, 3.8) is 0 Å². The summed E-state index contributed by atoms with van der Waals surface area (Å²) in [7, 11) is 1.25. The van der Waals surface area contributed by atoms with E-state index in [1.807, 2.05) is 0 Å². The average molecular weight is 255 g/mol. The number of carbonyl (C=O) groups is 3. The van der Waals surface area contributed by atoms with E-state index in [0.29, 0.717) is 25.8 Å². The molecule has 1 N–H and O–H groups in total. The fourth-order valence-corrected chi connectivity index (χ4v) is 3.01. The molecule has 0 aromatic heterocycles. The van der Waals surface area contributed by atoms with Crippen molar-refractivity contribution >= 4 is 17.8 Å². The van der Waals surface area contributed by atoms with E-state index in [-0.39, 0.29) is 17.6 Å². The third-order valence-electron chi connectivity index (χ3n) is 3.98. The van der Waals surface area contributed by atoms with E-state index in [9.17, 15) is 19.5 Å². The third-order valence-corrected chi connectivity index (χ3v) is 3.98. The summed E-state index contributed by atoms with van der Waals surface area (Å²) < 4.78 is 4.63. The van der Waals surface area contributed by atoms with Crippen LogP contribution >= 0.6 is 0 Å². The summed E-state index contributed by atoms with van der Waals surface area (Å²) in [5.41, 5.74) is 0. The summed E-state index contributed by atoms with van der Waals surface area (Å²) in [5, 5.41) is 9.17. The number of carboxylic acids is 1. The zero-order valence-corrected chi connectivity index (χ0v) is 10.3. The lowest BCUT2D eigenvalue weighted by atomic mass is 9.72. The molecule has 2 aliphatic rings. The maximum atomic E-state index is 11.6. The second kappa shape index (κ2) is 4.96. The number of methoxy groups -OCH3 is 1. The first kappa shape index (κ1) is 12.9. The van der Waals surface area contributed by atoms with Gasteiger partial charge in [0.2, 0.25) is 0 Å². The van der Waals surface area contributed by atoms with Crippen molar-refractivity contribution in [3.8, 4) is 0 Å². The molecule has 0 bridgehead atoms. The number of carboxylic acid groups (broad SMARTS) is 1. The van der Waals surface area contributed by atoms with Gasteiger partial charge in [-0.25, -0.2) is 9.59 Å². The molecule has 6 heteroatoms. The van der Waals surface area contributed by atoms with Crippen LogP contribution in [0.25, 0.3) is 0 Å². The van der Waals surface area contributed by atoms with Gasteiger partial charge in [-0.3, -0.25) is 9.69 Å². The second-order valence-electron chi connectivity index (χ2n) is 5.01. The molecule has 0 aromatic carbocycles. The number of carbonyl (C=O) groups excluding carboxylic acids is 2. The molecule has 1 heterocycles. The number of nitrogens with zero attached hydrogens (tertiary/aromatic N) is 1. The number of likely N-dealkylation sites (tertiary alicyclic amines) is 1. The summed E-state index contributed by atoms with van der Waals surface area (Å²) in [6.07, 6.45) is 1.47. The molecule has 2 rings (SSSR count). The van der Waals surface area contributed by atoms with Crippen LogP contribution in [-0.2, 0) is 14.3 Å². The standard InChI is InChI=1S/C12H17NO5/c1-18-12(17)13-6-7-2-3-9(14)4-8(7)5-10(13)11(15)16/h7-8,10H,2-6H2,1H3,(H,15,16)/t7-,8-,10-/m0/s1. The van der Waals surface area contributed by atoms with Crippen molar-refractivity contribution in [1.82, 2.24) is 4.90 Å². The van der Waals surface area contributed by atoms with E-state index in [4.69, 9.17) is 0 Å². The van der Waals surface area contributed by atoms with Crippen molar-refractivity contribution in [3.05, 3.63) is 0 Å². The predicted molar refractivity (Wildman–Crippen MR) is 61.0 cm³/mol. The lowest BCUT2D eigenvalue weighted by Gasteiger charge is -2.43. The summed E-state index contributed by atoms with van der Waals surface area (Å²) in [6, 6.07) is -0.871. The summed E-state index contributed by atoms with van der Waals surface area (Å²) >= 11 is 0. The molecular formula is C12H17NO5. The molecule has 1 aliphatic carbocycles. The normalized spacial score (nSPS) is 31.7. The van der Waals surface area contributed by atoms with Gasteiger partial charge in [0, 0.05) is 19.4 Å². The molecule has 6 nitrogen and oxygen atoms in total. The first-order valence-corrected chi connectivity index (χ1v) is 6.12. The fourth-order valence-electron chi connectivity index (χ4n) is 3.01. The number of piperidine rings is 1. The van der Waals surface area contributed by atoms with Crippen LogP contribution in [0.4, 0.5) is 4.79 Å². The van der Waals surface area contributed by atoms with Crippen LogP contribution in [0.3, 0.4) is 0 Å². The first-order valence-electron chi connectivity index (χ1n) is 6.12. The van der Waals surface area contributed by atoms with Crippen LogP contribution in [0.2, 0.25) is 0 Å². The van der Waals surface area contributed by atoms with Crippen LogP contribution in [-0.4, -0.2) is 47.5 Å². The summed E-state index contributed by atoms with van der Waals surface area (Å²) in [4.78, 5) is 35.5. The average Bonchev–Trinajstić information content (AvgIpc) is 2.36. The summed E-state index contributed by atoms with van der Waals surface area (Å²) in [5.74, 6) is -0.519.